The average Bonchev–Trinajstić information content (AvgIpc) is 2.92. The first-order valence-corrected chi connectivity index (χ1v) is 8.56. The van der Waals surface area contributed by atoms with Crippen molar-refractivity contribution in [3.8, 4) is 16.9 Å². The number of alkyl halides is 3. The summed E-state index contributed by atoms with van der Waals surface area (Å²) in [5.41, 5.74) is 3.00. The number of halogens is 5. The molecule has 0 unspecified atom stereocenters. The molecule has 0 aliphatic carbocycles. The minimum absolute atomic E-state index is 0.303. The number of hydrogen-bond acceptors (Lipinski definition) is 4. The van der Waals surface area contributed by atoms with E-state index in [0.29, 0.717) is 6.07 Å². The van der Waals surface area contributed by atoms with Crippen molar-refractivity contribution in [2.24, 2.45) is 0 Å². The number of benzene rings is 1. The molecule has 0 spiro atoms. The normalized spacial score (nSPS) is 11.1. The van der Waals surface area contributed by atoms with Gasteiger partial charge in [-0.15, -0.1) is 4.80 Å². The van der Waals surface area contributed by atoms with Gasteiger partial charge >= 0.3 is 6.18 Å². The summed E-state index contributed by atoms with van der Waals surface area (Å²) in [6.45, 7) is 0. The minimum atomic E-state index is -4.80. The second-order valence-electron chi connectivity index (χ2n) is 3.66. The second-order valence-corrected chi connectivity index (χ2v) is 5.34. The summed E-state index contributed by atoms with van der Waals surface area (Å²) in [7, 11) is 1.03. The lowest BCUT2D eigenvalue weighted by atomic mass is 10.0. The third-order valence-electron chi connectivity index (χ3n) is 2.43. The van der Waals surface area contributed by atoms with Crippen molar-refractivity contribution in [3.05, 3.63) is 35.4 Å². The van der Waals surface area contributed by atoms with Gasteiger partial charge in [-0.3, -0.25) is 0 Å². The van der Waals surface area contributed by atoms with Gasteiger partial charge in [0.15, 0.2) is 0 Å². The maximum atomic E-state index is 13.7. The molecule has 10 heteroatoms. The third-order valence-corrected chi connectivity index (χ3v) is 3.27. The molecule has 4 nitrogen and oxygen atoms in total. The van der Waals surface area contributed by atoms with Crippen LogP contribution in [0.5, 0.6) is 0 Å². The Morgan fingerprint density at radius 1 is 1.29 bits per heavy atom. The largest absolute Gasteiger partial charge is 0.418 e. The van der Waals surface area contributed by atoms with E-state index >= 15 is 0 Å². The number of anilines is 1. The number of nitrogens with zero attached hydrogens (tertiary/aromatic N) is 3. The van der Waals surface area contributed by atoms with Crippen LogP contribution < -0.4 is 5.73 Å². The lowest BCUT2D eigenvalue weighted by molar-refractivity contribution is -0.137. The van der Waals surface area contributed by atoms with Crippen molar-refractivity contribution in [1.29, 1.82) is 0 Å². The Hall–Kier alpha value is -1.48. The highest BCUT2D eigenvalue weighted by Gasteiger charge is 2.37. The maximum absolute atomic E-state index is 13.7. The van der Waals surface area contributed by atoms with Gasteiger partial charge in [-0.25, -0.2) is 4.39 Å². The van der Waals surface area contributed by atoms with Crippen LogP contribution in [0.1, 0.15) is 11.1 Å². The predicted octanol–water partition coefficient (Wildman–Crippen LogP) is 3.40. The van der Waals surface area contributed by atoms with Crippen LogP contribution in [-0.4, -0.2) is 15.0 Å². The first kappa shape index (κ1) is 15.9. The van der Waals surface area contributed by atoms with Gasteiger partial charge in [-0.2, -0.15) is 23.4 Å². The van der Waals surface area contributed by atoms with Gasteiger partial charge in [0.1, 0.15) is 11.5 Å². The molecule has 0 atom stereocenters. The molecule has 2 rings (SSSR count). The molecule has 0 radical (unpaired) electrons. The van der Waals surface area contributed by atoms with E-state index in [9.17, 15) is 17.6 Å². The van der Waals surface area contributed by atoms with E-state index in [-0.39, 0.29) is 5.56 Å². The fourth-order valence-electron chi connectivity index (χ4n) is 1.61. The first-order valence-electron chi connectivity index (χ1n) is 5.20. The molecule has 0 saturated carbocycles. The van der Waals surface area contributed by atoms with Crippen molar-refractivity contribution in [1.82, 2.24) is 15.0 Å². The molecule has 0 saturated heterocycles. The molecule has 0 fully saturated rings. The Balaban J connectivity index is 2.87. The highest BCUT2D eigenvalue weighted by Crippen LogP contribution is 2.38. The molecule has 0 amide bonds. The van der Waals surface area contributed by atoms with E-state index in [1.807, 2.05) is 21.2 Å². The van der Waals surface area contributed by atoms with Gasteiger partial charge in [-0.1, -0.05) is 0 Å². The van der Waals surface area contributed by atoms with E-state index in [4.69, 9.17) is 5.73 Å². The highest BCUT2D eigenvalue weighted by molar-refractivity contribution is 14.2. The number of aromatic nitrogens is 3. The molecule has 1 heterocycles. The van der Waals surface area contributed by atoms with Gasteiger partial charge < -0.3 is 5.73 Å². The van der Waals surface area contributed by atoms with Crippen LogP contribution in [0.25, 0.3) is 5.69 Å². The molecule has 1 aromatic heterocycles. The molecule has 0 aliphatic rings. The molecular weight excluding hydrogens is 423 g/mol. The first-order chi connectivity index (χ1) is 9.86. The SMILES string of the molecule is Nc1c(F)cc(C(F)(F)F)c(-n2nccn2)c1C#CSI. The van der Waals surface area contributed by atoms with Gasteiger partial charge in [0, 0.05) is 21.2 Å². The van der Waals surface area contributed by atoms with Crippen LogP contribution in [0.4, 0.5) is 23.2 Å². The van der Waals surface area contributed by atoms with E-state index < -0.39 is 28.9 Å². The number of nitrogen functional groups attached to an aromatic ring is 1. The van der Waals surface area contributed by atoms with Gasteiger partial charge in [-0.05, 0) is 26.2 Å². The Bertz CT molecular complexity index is 719. The summed E-state index contributed by atoms with van der Waals surface area (Å²) in [6.07, 6.45) is -2.40. The van der Waals surface area contributed by atoms with E-state index in [1.165, 1.54) is 12.4 Å². The van der Waals surface area contributed by atoms with Gasteiger partial charge in [0.2, 0.25) is 0 Å². The van der Waals surface area contributed by atoms with Gasteiger partial charge in [0.25, 0.3) is 0 Å². The minimum Gasteiger partial charge on any atom is -0.395 e. The third kappa shape index (κ3) is 3.24. The average molecular weight is 428 g/mol. The summed E-state index contributed by atoms with van der Waals surface area (Å²) >= 11 is 1.83. The molecule has 2 aromatic rings. The fourth-order valence-corrected chi connectivity index (χ4v) is 2.08. The summed E-state index contributed by atoms with van der Waals surface area (Å²) in [5.74, 6) is 1.22. The van der Waals surface area contributed by atoms with Crippen molar-refractivity contribution in [2.45, 2.75) is 6.18 Å². The molecular formula is C11H5F4IN4S. The van der Waals surface area contributed by atoms with Crippen LogP contribution in [-0.2, 0) is 6.18 Å². The Morgan fingerprint density at radius 2 is 1.90 bits per heavy atom. The van der Waals surface area contributed by atoms with Crippen LogP contribution in [0.3, 0.4) is 0 Å². The highest BCUT2D eigenvalue weighted by atomic mass is 127. The van der Waals surface area contributed by atoms with Crippen LogP contribution in [0.2, 0.25) is 0 Å². The smallest absolute Gasteiger partial charge is 0.395 e. The lowest BCUT2D eigenvalue weighted by Gasteiger charge is -2.15. The molecule has 21 heavy (non-hydrogen) atoms. The van der Waals surface area contributed by atoms with Crippen molar-refractivity contribution in [3.63, 3.8) is 0 Å². The zero-order chi connectivity index (χ0) is 15.6. The number of nitrogens with two attached hydrogens (primary N) is 1. The second kappa shape index (κ2) is 6.10. The van der Waals surface area contributed by atoms with Crippen molar-refractivity contribution in [2.75, 3.05) is 5.73 Å². The summed E-state index contributed by atoms with van der Waals surface area (Å²) in [5, 5.41) is 9.79. The van der Waals surface area contributed by atoms with Crippen LogP contribution >= 0.6 is 30.1 Å². The standard InChI is InChI=1S/C11H5F4IN4S/c12-8-5-7(11(13,14)15)10(20-18-2-3-19-20)6(9(8)17)1-4-21-16/h2-3,5H,17H2. The quantitative estimate of drug-likeness (QED) is 0.328. The zero-order valence-electron chi connectivity index (χ0n) is 9.95. The van der Waals surface area contributed by atoms with Crippen molar-refractivity contribution < 1.29 is 17.6 Å². The van der Waals surface area contributed by atoms with E-state index in [0.717, 1.165) is 13.7 Å². The summed E-state index contributed by atoms with van der Waals surface area (Å²) in [4.78, 5) is 0.723. The molecule has 0 aliphatic heterocycles. The summed E-state index contributed by atoms with van der Waals surface area (Å²) in [6, 6.07) is 0.316. The Morgan fingerprint density at radius 3 is 2.43 bits per heavy atom. The maximum Gasteiger partial charge on any atom is 0.418 e. The van der Waals surface area contributed by atoms with Crippen LogP contribution in [0.15, 0.2) is 18.5 Å². The molecule has 2 N–H and O–H groups in total. The lowest BCUT2D eigenvalue weighted by Crippen LogP contribution is -2.16. The number of rotatable bonds is 1. The van der Waals surface area contributed by atoms with Gasteiger partial charge in [0.05, 0.1) is 29.2 Å². The zero-order valence-corrected chi connectivity index (χ0v) is 12.9. The summed E-state index contributed by atoms with van der Waals surface area (Å²) < 4.78 is 53.0. The molecule has 1 aromatic carbocycles. The van der Waals surface area contributed by atoms with Crippen molar-refractivity contribution >= 4 is 35.8 Å². The Labute approximate surface area is 132 Å². The topological polar surface area (TPSA) is 56.7 Å². The monoisotopic (exact) mass is 428 g/mol. The molecule has 110 valence electrons. The Kier molecular flexibility index (Phi) is 4.62. The van der Waals surface area contributed by atoms with E-state index in [2.05, 4.69) is 21.4 Å². The predicted molar refractivity (Wildman–Crippen MR) is 79.2 cm³/mol. The van der Waals surface area contributed by atoms with Crippen LogP contribution in [0, 0.1) is 17.0 Å². The molecule has 0 bridgehead atoms. The van der Waals surface area contributed by atoms with E-state index in [1.54, 1.807) is 0 Å². The number of hydrogen-bond donors (Lipinski definition) is 1. The fraction of sp³-hybridized carbons (Fsp3) is 0.0909.